The third-order valence-electron chi connectivity index (χ3n) is 3.15. The van der Waals surface area contributed by atoms with Gasteiger partial charge in [-0.25, -0.2) is 4.79 Å². The molecule has 0 heterocycles. The molecule has 0 aromatic heterocycles. The van der Waals surface area contributed by atoms with E-state index in [0.29, 0.717) is 5.69 Å². The van der Waals surface area contributed by atoms with E-state index < -0.39 is 24.0 Å². The minimum absolute atomic E-state index is 0.487. The number of rotatable bonds is 4. The van der Waals surface area contributed by atoms with Gasteiger partial charge in [-0.05, 0) is 11.5 Å². The van der Waals surface area contributed by atoms with E-state index in [0.717, 1.165) is 10.8 Å². The van der Waals surface area contributed by atoms with Gasteiger partial charge >= 0.3 is 5.97 Å². The molecule has 2 aromatic carbocycles. The van der Waals surface area contributed by atoms with E-state index in [-0.39, 0.29) is 0 Å². The van der Waals surface area contributed by atoms with E-state index in [1.165, 1.54) is 0 Å². The molecule has 6 N–H and O–H groups in total. The van der Waals surface area contributed by atoms with Gasteiger partial charge in [0.2, 0.25) is 5.54 Å². The molecule has 1 unspecified atom stereocenters. The fourth-order valence-corrected chi connectivity index (χ4v) is 1.85. The minimum Gasteiger partial charge on any atom is -0.479 e. The van der Waals surface area contributed by atoms with Gasteiger partial charge in [-0.3, -0.25) is 4.79 Å². The fraction of sp³-hybridized carbons (Fsp3) is 0.143. The first kappa shape index (κ1) is 14.0. The van der Waals surface area contributed by atoms with Crippen molar-refractivity contribution in [2.24, 2.45) is 11.5 Å². The van der Waals surface area contributed by atoms with Crippen LogP contribution >= 0.6 is 0 Å². The lowest BCUT2D eigenvalue weighted by molar-refractivity contribution is -0.146. The summed E-state index contributed by atoms with van der Waals surface area (Å²) in [5.74, 6) is -2.30. The molecule has 0 spiro atoms. The molecule has 104 valence electrons. The average molecular weight is 273 g/mol. The Bertz CT molecular complexity index is 666. The lowest BCUT2D eigenvalue weighted by Gasteiger charge is -2.22. The average Bonchev–Trinajstić information content (AvgIpc) is 2.46. The van der Waals surface area contributed by atoms with Crippen molar-refractivity contribution >= 4 is 28.3 Å². The first-order valence-corrected chi connectivity index (χ1v) is 6.00. The second-order valence-corrected chi connectivity index (χ2v) is 4.46. The molecule has 0 saturated heterocycles. The van der Waals surface area contributed by atoms with Crippen molar-refractivity contribution in [1.29, 1.82) is 0 Å². The summed E-state index contributed by atoms with van der Waals surface area (Å²) in [6.45, 7) is -0.487. The lowest BCUT2D eigenvalue weighted by atomic mass is 10.00. The number of carbonyl (C=O) groups is 2. The van der Waals surface area contributed by atoms with Crippen molar-refractivity contribution in [3.05, 3.63) is 42.5 Å². The Balaban J connectivity index is 2.38. The number of carboxylic acids is 1. The molecular weight excluding hydrogens is 258 g/mol. The van der Waals surface area contributed by atoms with E-state index >= 15 is 0 Å². The van der Waals surface area contributed by atoms with Gasteiger partial charge in [-0.2, -0.15) is 0 Å². The Kier molecular flexibility index (Phi) is 3.69. The number of hydrogen-bond acceptors (Lipinski definition) is 4. The summed E-state index contributed by atoms with van der Waals surface area (Å²) < 4.78 is 0. The van der Waals surface area contributed by atoms with E-state index in [2.05, 4.69) is 5.32 Å². The zero-order valence-electron chi connectivity index (χ0n) is 10.7. The summed E-state index contributed by atoms with van der Waals surface area (Å²) in [6.07, 6.45) is 0. The Hall–Kier alpha value is -2.44. The molecule has 0 aliphatic rings. The maximum absolute atomic E-state index is 12.1. The SMILES string of the molecule is NCC(N)(C(=O)O)C(=O)Nc1cccc2ccccc12. The molecule has 1 atom stereocenters. The van der Waals surface area contributed by atoms with Crippen molar-refractivity contribution in [1.82, 2.24) is 0 Å². The van der Waals surface area contributed by atoms with Crippen molar-refractivity contribution in [2.45, 2.75) is 5.54 Å². The second kappa shape index (κ2) is 5.28. The van der Waals surface area contributed by atoms with Gasteiger partial charge in [0.05, 0.1) is 0 Å². The molecule has 1 amide bonds. The highest BCUT2D eigenvalue weighted by Gasteiger charge is 2.41. The Morgan fingerprint density at radius 1 is 1.15 bits per heavy atom. The van der Waals surface area contributed by atoms with Crippen LogP contribution in [0.1, 0.15) is 0 Å². The maximum Gasteiger partial charge on any atom is 0.334 e. The molecule has 2 aromatic rings. The number of nitrogens with two attached hydrogens (primary N) is 2. The monoisotopic (exact) mass is 273 g/mol. The van der Waals surface area contributed by atoms with Crippen LogP contribution in [0.15, 0.2) is 42.5 Å². The van der Waals surface area contributed by atoms with Crippen LogP contribution in [0.3, 0.4) is 0 Å². The van der Waals surface area contributed by atoms with Crippen LogP contribution in [-0.2, 0) is 9.59 Å². The first-order valence-electron chi connectivity index (χ1n) is 6.00. The van der Waals surface area contributed by atoms with Crippen molar-refractivity contribution in [2.75, 3.05) is 11.9 Å². The van der Waals surface area contributed by atoms with Gasteiger partial charge < -0.3 is 21.9 Å². The smallest absolute Gasteiger partial charge is 0.334 e. The molecule has 0 aliphatic carbocycles. The number of nitrogens with one attached hydrogen (secondary N) is 1. The molecule has 0 aliphatic heterocycles. The predicted molar refractivity (Wildman–Crippen MR) is 76.2 cm³/mol. The lowest BCUT2D eigenvalue weighted by Crippen LogP contribution is -2.62. The summed E-state index contributed by atoms with van der Waals surface area (Å²) in [5.41, 5.74) is 9.20. The minimum atomic E-state index is -2.14. The van der Waals surface area contributed by atoms with Crippen molar-refractivity contribution in [3.8, 4) is 0 Å². The fourth-order valence-electron chi connectivity index (χ4n) is 1.85. The normalized spacial score (nSPS) is 13.7. The number of hydrogen-bond donors (Lipinski definition) is 4. The van der Waals surface area contributed by atoms with E-state index in [1.807, 2.05) is 30.3 Å². The summed E-state index contributed by atoms with van der Waals surface area (Å²) in [5, 5.41) is 13.3. The number of anilines is 1. The Morgan fingerprint density at radius 3 is 2.45 bits per heavy atom. The van der Waals surface area contributed by atoms with Crippen LogP contribution in [0.5, 0.6) is 0 Å². The van der Waals surface area contributed by atoms with Gasteiger partial charge in [0.1, 0.15) is 0 Å². The first-order chi connectivity index (χ1) is 9.49. The number of carbonyl (C=O) groups excluding carboxylic acids is 1. The van der Waals surface area contributed by atoms with Gasteiger partial charge in [-0.15, -0.1) is 0 Å². The van der Waals surface area contributed by atoms with Crippen LogP contribution < -0.4 is 16.8 Å². The third-order valence-corrected chi connectivity index (χ3v) is 3.15. The third kappa shape index (κ3) is 2.34. The summed E-state index contributed by atoms with van der Waals surface area (Å²) in [7, 11) is 0. The van der Waals surface area contributed by atoms with Crippen molar-refractivity contribution < 1.29 is 14.7 Å². The highest BCUT2D eigenvalue weighted by Crippen LogP contribution is 2.23. The van der Waals surface area contributed by atoms with Gasteiger partial charge in [0, 0.05) is 17.6 Å². The van der Waals surface area contributed by atoms with Gasteiger partial charge in [0.15, 0.2) is 0 Å². The Morgan fingerprint density at radius 2 is 1.80 bits per heavy atom. The number of aliphatic carboxylic acids is 1. The largest absolute Gasteiger partial charge is 0.479 e. The zero-order valence-corrected chi connectivity index (χ0v) is 10.7. The standard InChI is InChI=1S/C14H15N3O3/c15-8-14(16,13(19)20)12(18)17-11-7-3-5-9-4-1-2-6-10(9)11/h1-7H,8,15-16H2,(H,17,18)(H,19,20). The molecule has 0 saturated carbocycles. The second-order valence-electron chi connectivity index (χ2n) is 4.46. The highest BCUT2D eigenvalue weighted by molar-refractivity contribution is 6.14. The van der Waals surface area contributed by atoms with Gasteiger partial charge in [0.25, 0.3) is 5.91 Å². The molecule has 0 bridgehead atoms. The van der Waals surface area contributed by atoms with E-state index in [1.54, 1.807) is 12.1 Å². The van der Waals surface area contributed by atoms with Crippen LogP contribution in [0.25, 0.3) is 10.8 Å². The van der Waals surface area contributed by atoms with Crippen LogP contribution in [0.2, 0.25) is 0 Å². The zero-order chi connectivity index (χ0) is 14.8. The summed E-state index contributed by atoms with van der Waals surface area (Å²) in [4.78, 5) is 23.1. The van der Waals surface area contributed by atoms with E-state index in [9.17, 15) is 9.59 Å². The Labute approximate surface area is 115 Å². The number of amides is 1. The summed E-state index contributed by atoms with van der Waals surface area (Å²) in [6, 6.07) is 12.7. The summed E-state index contributed by atoms with van der Waals surface area (Å²) >= 11 is 0. The maximum atomic E-state index is 12.1. The van der Waals surface area contributed by atoms with Gasteiger partial charge in [-0.1, -0.05) is 36.4 Å². The molecule has 20 heavy (non-hydrogen) atoms. The van der Waals surface area contributed by atoms with Crippen LogP contribution in [0, 0.1) is 0 Å². The highest BCUT2D eigenvalue weighted by atomic mass is 16.4. The molecular formula is C14H15N3O3. The number of fused-ring (bicyclic) bond motifs is 1. The molecule has 6 heteroatoms. The molecule has 2 rings (SSSR count). The molecule has 0 fully saturated rings. The quantitative estimate of drug-likeness (QED) is 0.605. The molecule has 0 radical (unpaired) electrons. The number of benzene rings is 2. The topological polar surface area (TPSA) is 118 Å². The van der Waals surface area contributed by atoms with E-state index in [4.69, 9.17) is 16.6 Å². The molecule has 6 nitrogen and oxygen atoms in total. The number of carboxylic acid groups (broad SMARTS) is 1. The predicted octanol–water partition coefficient (Wildman–Crippen LogP) is 0.519. The van der Waals surface area contributed by atoms with Crippen molar-refractivity contribution in [3.63, 3.8) is 0 Å². The van der Waals surface area contributed by atoms with Crippen LogP contribution in [0.4, 0.5) is 5.69 Å². The van der Waals surface area contributed by atoms with Crippen LogP contribution in [-0.4, -0.2) is 29.1 Å².